The molecular formula is C12H18ClNO2S. The second-order valence-electron chi connectivity index (χ2n) is 4.02. The zero-order valence-electron chi connectivity index (χ0n) is 10.2. The molecule has 1 rings (SSSR count). The number of sulfonamides is 1. The lowest BCUT2D eigenvalue weighted by atomic mass is 10.2. The summed E-state index contributed by atoms with van der Waals surface area (Å²) in [7, 11) is -1.64. The normalized spacial score (nSPS) is 11.5. The lowest BCUT2D eigenvalue weighted by Crippen LogP contribution is -2.29. The molecule has 0 radical (unpaired) electrons. The van der Waals surface area contributed by atoms with Crippen LogP contribution in [-0.2, 0) is 10.0 Å². The van der Waals surface area contributed by atoms with Gasteiger partial charge in [-0.2, -0.15) is 0 Å². The molecule has 0 amide bonds. The van der Waals surface area contributed by atoms with E-state index in [4.69, 9.17) is 11.6 Å². The van der Waals surface area contributed by atoms with Crippen LogP contribution in [-0.4, -0.2) is 27.1 Å². The molecule has 0 fully saturated rings. The topological polar surface area (TPSA) is 37.4 Å². The minimum atomic E-state index is -3.23. The molecule has 0 N–H and O–H groups in total. The number of unbranched alkanes of at least 4 members (excludes halogenated alkanes) is 1. The van der Waals surface area contributed by atoms with Crippen molar-refractivity contribution in [3.05, 3.63) is 29.8 Å². The lowest BCUT2D eigenvalue weighted by Gasteiger charge is -2.19. The van der Waals surface area contributed by atoms with E-state index in [0.717, 1.165) is 12.0 Å². The van der Waals surface area contributed by atoms with E-state index in [2.05, 4.69) is 0 Å². The summed E-state index contributed by atoms with van der Waals surface area (Å²) >= 11 is 5.54. The van der Waals surface area contributed by atoms with Crippen LogP contribution in [0.2, 0.25) is 0 Å². The third kappa shape index (κ3) is 4.21. The maximum Gasteiger partial charge on any atom is 0.234 e. The Hall–Kier alpha value is -0.740. The minimum absolute atomic E-state index is 0.143. The molecule has 0 unspecified atom stereocenters. The van der Waals surface area contributed by atoms with Crippen molar-refractivity contribution in [1.29, 1.82) is 0 Å². The Kier molecular flexibility index (Phi) is 5.28. The summed E-state index contributed by atoms with van der Waals surface area (Å²) in [6, 6.07) is 7.46. The third-order valence-corrected chi connectivity index (χ3v) is 4.69. The fourth-order valence-corrected chi connectivity index (χ4v) is 2.97. The fourth-order valence-electron chi connectivity index (χ4n) is 1.50. The quantitative estimate of drug-likeness (QED) is 0.591. The number of hydrogen-bond acceptors (Lipinski definition) is 2. The minimum Gasteiger partial charge on any atom is -0.273 e. The van der Waals surface area contributed by atoms with Crippen molar-refractivity contribution in [3.8, 4) is 0 Å². The summed E-state index contributed by atoms with van der Waals surface area (Å²) in [5, 5.41) is 0. The van der Waals surface area contributed by atoms with Crippen molar-refractivity contribution in [2.45, 2.75) is 19.8 Å². The molecule has 0 aliphatic rings. The van der Waals surface area contributed by atoms with Crippen LogP contribution in [0.15, 0.2) is 24.3 Å². The summed E-state index contributed by atoms with van der Waals surface area (Å²) in [6.45, 7) is 1.94. The average molecular weight is 276 g/mol. The molecule has 0 spiro atoms. The van der Waals surface area contributed by atoms with Gasteiger partial charge in [-0.25, -0.2) is 8.42 Å². The highest BCUT2D eigenvalue weighted by Crippen LogP contribution is 2.18. The molecule has 1 aromatic rings. The Balaban J connectivity index is 2.78. The molecule has 0 saturated heterocycles. The number of halogens is 1. The van der Waals surface area contributed by atoms with E-state index >= 15 is 0 Å². The molecule has 0 bridgehead atoms. The predicted octanol–water partition coefficient (Wildman–Crippen LogP) is 2.78. The molecule has 0 saturated carbocycles. The van der Waals surface area contributed by atoms with Crippen molar-refractivity contribution in [2.75, 3.05) is 23.0 Å². The van der Waals surface area contributed by atoms with Gasteiger partial charge in [-0.1, -0.05) is 12.1 Å². The number of nitrogens with zero attached hydrogens (tertiary/aromatic N) is 1. The Morgan fingerprint density at radius 2 is 2.00 bits per heavy atom. The number of alkyl halides is 1. The average Bonchev–Trinajstić information content (AvgIpc) is 2.28. The van der Waals surface area contributed by atoms with Gasteiger partial charge in [0.15, 0.2) is 0 Å². The zero-order chi connectivity index (χ0) is 12.9. The molecule has 1 aromatic carbocycles. The monoisotopic (exact) mass is 275 g/mol. The number of benzene rings is 1. The highest BCUT2D eigenvalue weighted by molar-refractivity contribution is 7.92. The van der Waals surface area contributed by atoms with Crippen LogP contribution in [0.3, 0.4) is 0 Å². The molecule has 0 aliphatic heterocycles. The molecule has 96 valence electrons. The summed E-state index contributed by atoms with van der Waals surface area (Å²) < 4.78 is 25.3. The SMILES string of the molecule is Cc1cccc(N(C)S(=O)(=O)CCCCCl)c1. The highest BCUT2D eigenvalue weighted by Gasteiger charge is 2.17. The zero-order valence-corrected chi connectivity index (χ0v) is 11.8. The van der Waals surface area contributed by atoms with Crippen molar-refractivity contribution >= 4 is 27.3 Å². The standard InChI is InChI=1S/C12H18ClNO2S/c1-11-6-5-7-12(10-11)14(2)17(15,16)9-4-3-8-13/h5-7,10H,3-4,8-9H2,1-2H3. The molecule has 17 heavy (non-hydrogen) atoms. The van der Waals surface area contributed by atoms with Gasteiger partial charge in [0.1, 0.15) is 0 Å². The molecule has 0 heterocycles. The van der Waals surface area contributed by atoms with Crippen LogP contribution >= 0.6 is 11.6 Å². The molecular weight excluding hydrogens is 258 g/mol. The van der Waals surface area contributed by atoms with Gasteiger partial charge in [0.25, 0.3) is 0 Å². The Morgan fingerprint density at radius 3 is 2.59 bits per heavy atom. The van der Waals surface area contributed by atoms with Gasteiger partial charge >= 0.3 is 0 Å². The first-order chi connectivity index (χ1) is 7.97. The van der Waals surface area contributed by atoms with Crippen LogP contribution in [0.4, 0.5) is 5.69 Å². The van der Waals surface area contributed by atoms with E-state index in [0.29, 0.717) is 18.0 Å². The van der Waals surface area contributed by atoms with Gasteiger partial charge in [0, 0.05) is 12.9 Å². The lowest BCUT2D eigenvalue weighted by molar-refractivity contribution is 0.591. The number of rotatable bonds is 6. The van der Waals surface area contributed by atoms with Gasteiger partial charge in [0.2, 0.25) is 10.0 Å². The van der Waals surface area contributed by atoms with Crippen molar-refractivity contribution in [1.82, 2.24) is 0 Å². The maximum atomic E-state index is 12.0. The van der Waals surface area contributed by atoms with Crippen molar-refractivity contribution in [3.63, 3.8) is 0 Å². The Bertz CT molecular complexity index is 459. The highest BCUT2D eigenvalue weighted by atomic mass is 35.5. The molecule has 5 heteroatoms. The summed E-state index contributed by atoms with van der Waals surface area (Å²) in [5.41, 5.74) is 1.75. The number of anilines is 1. The van der Waals surface area contributed by atoms with E-state index in [1.807, 2.05) is 25.1 Å². The first-order valence-corrected chi connectivity index (χ1v) is 7.71. The largest absolute Gasteiger partial charge is 0.273 e. The number of hydrogen-bond donors (Lipinski definition) is 0. The number of aryl methyl sites for hydroxylation is 1. The van der Waals surface area contributed by atoms with E-state index in [9.17, 15) is 8.42 Å². The first kappa shape index (κ1) is 14.3. The van der Waals surface area contributed by atoms with E-state index in [-0.39, 0.29) is 5.75 Å². The van der Waals surface area contributed by atoms with Crippen LogP contribution < -0.4 is 4.31 Å². The Morgan fingerprint density at radius 1 is 1.29 bits per heavy atom. The van der Waals surface area contributed by atoms with Gasteiger partial charge in [-0.15, -0.1) is 11.6 Å². The van der Waals surface area contributed by atoms with Crippen LogP contribution in [0.5, 0.6) is 0 Å². The Labute approximate surface area is 108 Å². The fraction of sp³-hybridized carbons (Fsp3) is 0.500. The van der Waals surface area contributed by atoms with Crippen molar-refractivity contribution in [2.24, 2.45) is 0 Å². The second-order valence-corrected chi connectivity index (χ2v) is 6.52. The molecule has 0 aromatic heterocycles. The van der Waals surface area contributed by atoms with Crippen LogP contribution in [0.1, 0.15) is 18.4 Å². The summed E-state index contributed by atoms with van der Waals surface area (Å²) in [5.74, 6) is 0.647. The third-order valence-electron chi connectivity index (χ3n) is 2.57. The van der Waals surface area contributed by atoms with Gasteiger partial charge < -0.3 is 0 Å². The molecule has 0 aliphatic carbocycles. The summed E-state index contributed by atoms with van der Waals surface area (Å²) in [6.07, 6.45) is 1.32. The smallest absolute Gasteiger partial charge is 0.234 e. The maximum absolute atomic E-state index is 12.0. The molecule has 0 atom stereocenters. The van der Waals surface area contributed by atoms with E-state index < -0.39 is 10.0 Å². The molecule has 3 nitrogen and oxygen atoms in total. The summed E-state index contributed by atoms with van der Waals surface area (Å²) in [4.78, 5) is 0. The van der Waals surface area contributed by atoms with Crippen LogP contribution in [0, 0.1) is 6.92 Å². The first-order valence-electron chi connectivity index (χ1n) is 5.56. The van der Waals surface area contributed by atoms with E-state index in [1.54, 1.807) is 13.1 Å². The van der Waals surface area contributed by atoms with Crippen molar-refractivity contribution < 1.29 is 8.42 Å². The van der Waals surface area contributed by atoms with Gasteiger partial charge in [-0.3, -0.25) is 4.31 Å². The second kappa shape index (κ2) is 6.26. The van der Waals surface area contributed by atoms with Gasteiger partial charge in [-0.05, 0) is 37.5 Å². The van der Waals surface area contributed by atoms with E-state index in [1.165, 1.54) is 4.31 Å². The van der Waals surface area contributed by atoms with Gasteiger partial charge in [0.05, 0.1) is 11.4 Å². The predicted molar refractivity (Wildman–Crippen MR) is 73.3 cm³/mol. The van der Waals surface area contributed by atoms with Crippen LogP contribution in [0.25, 0.3) is 0 Å².